The Labute approximate surface area is 163 Å². The van der Waals surface area contributed by atoms with E-state index in [1.165, 1.54) is 0 Å². The largest absolute Gasteiger partial charge is 0.454 e. The van der Waals surface area contributed by atoms with Crippen molar-refractivity contribution in [2.75, 3.05) is 6.79 Å². The minimum absolute atomic E-state index is 0.226. The van der Waals surface area contributed by atoms with E-state index < -0.39 is 0 Å². The molecule has 0 fully saturated rings. The molecule has 0 atom stereocenters. The van der Waals surface area contributed by atoms with E-state index in [1.807, 2.05) is 37.3 Å². The van der Waals surface area contributed by atoms with Crippen molar-refractivity contribution >= 4 is 11.6 Å². The van der Waals surface area contributed by atoms with Crippen molar-refractivity contribution in [3.63, 3.8) is 0 Å². The van der Waals surface area contributed by atoms with Gasteiger partial charge in [-0.3, -0.25) is 4.79 Å². The maximum Gasteiger partial charge on any atom is 0.271 e. The lowest BCUT2D eigenvalue weighted by Gasteiger charge is -2.10. The lowest BCUT2D eigenvalue weighted by Crippen LogP contribution is -2.19. The predicted molar refractivity (Wildman–Crippen MR) is 107 cm³/mol. The lowest BCUT2D eigenvalue weighted by atomic mass is 10.1. The second kappa shape index (κ2) is 7.23. The molecule has 6 nitrogen and oxygen atoms in total. The molecule has 142 valence electrons. The molecule has 0 bridgehead atoms. The number of carbonyl (C=O) groups excluding carboxylic acids is 1. The Bertz CT molecular complexity index is 1050. The van der Waals surface area contributed by atoms with Crippen molar-refractivity contribution in [1.82, 2.24) is 9.99 Å². The van der Waals surface area contributed by atoms with Crippen molar-refractivity contribution in [2.45, 2.75) is 20.8 Å². The molecule has 0 saturated heterocycles. The minimum Gasteiger partial charge on any atom is -0.454 e. The normalized spacial score (nSPS) is 12.9. The first-order valence-electron chi connectivity index (χ1n) is 9.03. The van der Waals surface area contributed by atoms with E-state index in [1.54, 1.807) is 12.1 Å². The van der Waals surface area contributed by atoms with Crippen LogP contribution in [0.3, 0.4) is 0 Å². The van der Waals surface area contributed by atoms with Crippen LogP contribution in [0, 0.1) is 13.8 Å². The van der Waals surface area contributed by atoms with Crippen LogP contribution in [0.2, 0.25) is 0 Å². The first-order valence-corrected chi connectivity index (χ1v) is 9.03. The van der Waals surface area contributed by atoms with E-state index in [0.717, 1.165) is 22.6 Å². The van der Waals surface area contributed by atoms with Crippen LogP contribution in [0.4, 0.5) is 0 Å². The van der Waals surface area contributed by atoms with Crippen LogP contribution >= 0.6 is 0 Å². The molecule has 4 rings (SSSR count). The maximum absolute atomic E-state index is 12.4. The highest BCUT2D eigenvalue weighted by molar-refractivity contribution is 6.01. The Kier molecular flexibility index (Phi) is 4.61. The van der Waals surface area contributed by atoms with Gasteiger partial charge in [0, 0.05) is 28.2 Å². The molecule has 1 aliphatic rings. The molecule has 1 N–H and O–H groups in total. The van der Waals surface area contributed by atoms with Crippen LogP contribution in [0.1, 0.15) is 34.2 Å². The van der Waals surface area contributed by atoms with Crippen LogP contribution in [-0.4, -0.2) is 23.0 Å². The zero-order valence-electron chi connectivity index (χ0n) is 16.0. The molecule has 0 saturated carbocycles. The van der Waals surface area contributed by atoms with Gasteiger partial charge in [0.15, 0.2) is 11.5 Å². The third-order valence-corrected chi connectivity index (χ3v) is 4.77. The number of benzene rings is 2. The van der Waals surface area contributed by atoms with Gasteiger partial charge < -0.3 is 14.0 Å². The monoisotopic (exact) mass is 375 g/mol. The van der Waals surface area contributed by atoms with E-state index in [4.69, 9.17) is 9.47 Å². The van der Waals surface area contributed by atoms with Gasteiger partial charge in [-0.1, -0.05) is 0 Å². The van der Waals surface area contributed by atoms with Gasteiger partial charge in [-0.05, 0) is 75.4 Å². The summed E-state index contributed by atoms with van der Waals surface area (Å²) in [7, 11) is 0. The predicted octanol–water partition coefficient (Wildman–Crippen LogP) is 3.98. The summed E-state index contributed by atoms with van der Waals surface area (Å²) in [6.45, 7) is 6.17. The molecule has 3 aromatic rings. The second-order valence-corrected chi connectivity index (χ2v) is 6.70. The van der Waals surface area contributed by atoms with Gasteiger partial charge in [-0.25, -0.2) is 5.43 Å². The molecule has 2 heterocycles. The van der Waals surface area contributed by atoms with Gasteiger partial charge in [0.05, 0.1) is 5.71 Å². The number of fused-ring (bicyclic) bond motifs is 1. The molecule has 28 heavy (non-hydrogen) atoms. The third-order valence-electron chi connectivity index (χ3n) is 4.77. The average Bonchev–Trinajstić information content (AvgIpc) is 3.31. The van der Waals surface area contributed by atoms with E-state index >= 15 is 0 Å². The Hall–Kier alpha value is -3.54. The second-order valence-electron chi connectivity index (χ2n) is 6.70. The molecule has 1 aromatic heterocycles. The number of carbonyl (C=O) groups is 1. The van der Waals surface area contributed by atoms with Gasteiger partial charge in [-0.2, -0.15) is 5.10 Å². The number of nitrogens with zero attached hydrogens (tertiary/aromatic N) is 2. The zero-order valence-corrected chi connectivity index (χ0v) is 16.0. The van der Waals surface area contributed by atoms with E-state index in [9.17, 15) is 4.79 Å². The van der Waals surface area contributed by atoms with Crippen molar-refractivity contribution < 1.29 is 14.3 Å². The summed E-state index contributed by atoms with van der Waals surface area (Å²) in [5, 5.41) is 4.21. The Balaban J connectivity index is 1.47. The molecule has 0 aliphatic carbocycles. The fourth-order valence-corrected chi connectivity index (χ4v) is 3.22. The molecular weight excluding hydrogens is 354 g/mol. The number of aryl methyl sites for hydroxylation is 2. The van der Waals surface area contributed by atoms with Gasteiger partial charge in [0.2, 0.25) is 6.79 Å². The Morgan fingerprint density at radius 1 is 0.929 bits per heavy atom. The van der Waals surface area contributed by atoms with Gasteiger partial charge >= 0.3 is 0 Å². The SMILES string of the molecule is C/C(=N\NC(=O)c1ccc(-n2c(C)ccc2C)cc1)c1ccc2c(c1)OCO2. The Morgan fingerprint density at radius 3 is 2.29 bits per heavy atom. The van der Waals surface area contributed by atoms with Gasteiger partial charge in [0.1, 0.15) is 0 Å². The van der Waals surface area contributed by atoms with E-state index in [0.29, 0.717) is 22.8 Å². The summed E-state index contributed by atoms with van der Waals surface area (Å²) in [5.74, 6) is 1.14. The lowest BCUT2D eigenvalue weighted by molar-refractivity contribution is 0.0955. The molecule has 0 unspecified atom stereocenters. The maximum atomic E-state index is 12.4. The molecule has 6 heteroatoms. The Morgan fingerprint density at radius 2 is 1.57 bits per heavy atom. The zero-order chi connectivity index (χ0) is 19.7. The third kappa shape index (κ3) is 3.36. The van der Waals surface area contributed by atoms with Gasteiger partial charge in [0.25, 0.3) is 5.91 Å². The first-order chi connectivity index (χ1) is 13.5. The molecule has 1 amide bonds. The van der Waals surface area contributed by atoms with Crippen molar-refractivity contribution in [3.05, 3.63) is 77.1 Å². The number of nitrogens with one attached hydrogen (secondary N) is 1. The summed E-state index contributed by atoms with van der Waals surface area (Å²) in [6.07, 6.45) is 0. The number of aromatic nitrogens is 1. The van der Waals surface area contributed by atoms with E-state index in [2.05, 4.69) is 41.1 Å². The summed E-state index contributed by atoms with van der Waals surface area (Å²) < 4.78 is 12.8. The highest BCUT2D eigenvalue weighted by Gasteiger charge is 2.14. The van der Waals surface area contributed by atoms with Gasteiger partial charge in [-0.15, -0.1) is 0 Å². The van der Waals surface area contributed by atoms with Crippen LogP contribution < -0.4 is 14.9 Å². The first kappa shape index (κ1) is 17.9. The van der Waals surface area contributed by atoms with Crippen LogP contribution in [0.15, 0.2) is 59.7 Å². The summed E-state index contributed by atoms with van der Waals surface area (Å²) >= 11 is 0. The van der Waals surface area contributed by atoms with E-state index in [-0.39, 0.29) is 12.7 Å². The van der Waals surface area contributed by atoms with Crippen LogP contribution in [0.5, 0.6) is 11.5 Å². The van der Waals surface area contributed by atoms with Crippen LogP contribution in [-0.2, 0) is 0 Å². The summed E-state index contributed by atoms with van der Waals surface area (Å²) in [6, 6.07) is 17.2. The molecule has 1 aliphatic heterocycles. The quantitative estimate of drug-likeness (QED) is 0.554. The number of hydrazone groups is 1. The van der Waals surface area contributed by atoms with Crippen molar-refractivity contribution in [1.29, 1.82) is 0 Å². The van der Waals surface area contributed by atoms with Crippen LogP contribution in [0.25, 0.3) is 5.69 Å². The number of rotatable bonds is 4. The fourth-order valence-electron chi connectivity index (χ4n) is 3.22. The van der Waals surface area contributed by atoms with Crippen molar-refractivity contribution in [2.24, 2.45) is 5.10 Å². The average molecular weight is 375 g/mol. The number of hydrogen-bond donors (Lipinski definition) is 1. The highest BCUT2D eigenvalue weighted by atomic mass is 16.7. The summed E-state index contributed by atoms with van der Waals surface area (Å²) in [5.41, 5.74) is 8.03. The molecular formula is C22H21N3O3. The molecule has 0 spiro atoms. The number of ether oxygens (including phenoxy) is 2. The number of amides is 1. The highest BCUT2D eigenvalue weighted by Crippen LogP contribution is 2.32. The molecule has 0 radical (unpaired) electrons. The smallest absolute Gasteiger partial charge is 0.271 e. The number of hydrogen-bond acceptors (Lipinski definition) is 4. The summed E-state index contributed by atoms with van der Waals surface area (Å²) in [4.78, 5) is 12.4. The van der Waals surface area contributed by atoms with Crippen molar-refractivity contribution in [3.8, 4) is 17.2 Å². The molecule has 2 aromatic carbocycles. The minimum atomic E-state index is -0.257. The topological polar surface area (TPSA) is 64.9 Å². The fraction of sp³-hybridized carbons (Fsp3) is 0.182. The standard InChI is InChI=1S/C22H21N3O3/c1-14-4-5-15(2)25(14)19-9-6-17(7-10-19)22(26)24-23-16(3)18-8-11-20-21(12-18)28-13-27-20/h4-12H,13H2,1-3H3,(H,24,26)/b23-16+.